The summed E-state index contributed by atoms with van der Waals surface area (Å²) in [4.78, 5) is 9.95. The molecular weight excluding hydrogens is 142 g/mol. The summed E-state index contributed by atoms with van der Waals surface area (Å²) in [5, 5.41) is 2.16. The molecule has 0 rings (SSSR count). The number of primary amides is 1. The minimum absolute atomic E-state index is 0.102. The first kappa shape index (κ1) is 8.87. The lowest BCUT2D eigenvalue weighted by molar-refractivity contribution is 0.249. The molecule has 0 spiro atoms. The number of nitrogens with two attached hydrogens (primary N) is 1. The van der Waals surface area contributed by atoms with E-state index in [0.29, 0.717) is 0 Å². The van der Waals surface area contributed by atoms with E-state index < -0.39 is 12.1 Å². The van der Waals surface area contributed by atoms with Crippen LogP contribution in [-0.2, 0) is 0 Å². The molecule has 0 bridgehead atoms. The molecule has 0 heterocycles. The Balaban J connectivity index is 3.21. The SMILES string of the molecule is NC(=O)NCCC=C(F)F. The van der Waals surface area contributed by atoms with E-state index in [-0.39, 0.29) is 13.0 Å². The molecule has 2 amide bonds. The second kappa shape index (κ2) is 4.72. The highest BCUT2D eigenvalue weighted by Crippen LogP contribution is 1.96. The molecule has 10 heavy (non-hydrogen) atoms. The van der Waals surface area contributed by atoms with Crippen molar-refractivity contribution in [2.24, 2.45) is 5.73 Å². The molecule has 0 aromatic carbocycles. The quantitative estimate of drug-likeness (QED) is 0.575. The van der Waals surface area contributed by atoms with Gasteiger partial charge in [0.15, 0.2) is 0 Å². The van der Waals surface area contributed by atoms with Crippen LogP contribution in [0.3, 0.4) is 0 Å². The average molecular weight is 150 g/mol. The molecule has 3 N–H and O–H groups in total. The monoisotopic (exact) mass is 150 g/mol. The molecule has 5 heteroatoms. The fraction of sp³-hybridized carbons (Fsp3) is 0.400. The van der Waals surface area contributed by atoms with Gasteiger partial charge in [-0.15, -0.1) is 0 Å². The molecule has 0 saturated carbocycles. The number of carbonyl (C=O) groups is 1. The predicted molar refractivity (Wildman–Crippen MR) is 32.5 cm³/mol. The lowest BCUT2D eigenvalue weighted by atomic mass is 10.4. The van der Waals surface area contributed by atoms with Crippen LogP contribution >= 0.6 is 0 Å². The third-order valence-corrected chi connectivity index (χ3v) is 0.742. The van der Waals surface area contributed by atoms with Crippen LogP contribution in [0.2, 0.25) is 0 Å². The Morgan fingerprint density at radius 2 is 2.20 bits per heavy atom. The van der Waals surface area contributed by atoms with Crippen LogP contribution < -0.4 is 11.1 Å². The number of rotatable bonds is 3. The Morgan fingerprint density at radius 1 is 1.60 bits per heavy atom. The third-order valence-electron chi connectivity index (χ3n) is 0.742. The molecular formula is C5H8F2N2O. The van der Waals surface area contributed by atoms with Crippen LogP contribution in [0, 0.1) is 0 Å². The third kappa shape index (κ3) is 6.87. The van der Waals surface area contributed by atoms with Gasteiger partial charge in [0.1, 0.15) is 0 Å². The zero-order valence-corrected chi connectivity index (χ0v) is 5.23. The van der Waals surface area contributed by atoms with Gasteiger partial charge < -0.3 is 11.1 Å². The molecule has 0 aromatic rings. The Kier molecular flexibility index (Phi) is 4.19. The summed E-state index contributed by atoms with van der Waals surface area (Å²) < 4.78 is 22.6. The van der Waals surface area contributed by atoms with Crippen LogP contribution in [-0.4, -0.2) is 12.6 Å². The van der Waals surface area contributed by atoms with Gasteiger partial charge in [0.2, 0.25) is 0 Å². The fourth-order valence-corrected chi connectivity index (χ4v) is 0.377. The van der Waals surface area contributed by atoms with E-state index in [9.17, 15) is 13.6 Å². The van der Waals surface area contributed by atoms with Gasteiger partial charge >= 0.3 is 6.03 Å². The first-order valence-corrected chi connectivity index (χ1v) is 2.67. The maximum absolute atomic E-state index is 11.3. The van der Waals surface area contributed by atoms with Crippen molar-refractivity contribution < 1.29 is 13.6 Å². The Bertz CT molecular complexity index is 143. The van der Waals surface area contributed by atoms with Crippen molar-refractivity contribution >= 4 is 6.03 Å². The molecule has 0 unspecified atom stereocenters. The maximum atomic E-state index is 11.3. The van der Waals surface area contributed by atoms with Crippen LogP contribution in [0.15, 0.2) is 12.2 Å². The van der Waals surface area contributed by atoms with Gasteiger partial charge in [0, 0.05) is 6.54 Å². The molecule has 0 radical (unpaired) electrons. The lowest BCUT2D eigenvalue weighted by Crippen LogP contribution is -2.29. The topological polar surface area (TPSA) is 55.1 Å². The summed E-state index contributed by atoms with van der Waals surface area (Å²) in [7, 11) is 0. The minimum atomic E-state index is -1.74. The highest BCUT2D eigenvalue weighted by molar-refractivity contribution is 5.71. The summed E-state index contributed by atoms with van der Waals surface area (Å²) in [6, 6.07) is -0.701. The summed E-state index contributed by atoms with van der Waals surface area (Å²) in [5.74, 6) is 0. The van der Waals surface area contributed by atoms with Crippen molar-refractivity contribution in [2.45, 2.75) is 6.42 Å². The average Bonchev–Trinajstić information content (AvgIpc) is 1.79. The van der Waals surface area contributed by atoms with E-state index in [1.165, 1.54) is 0 Å². The van der Waals surface area contributed by atoms with Crippen LogP contribution in [0.25, 0.3) is 0 Å². The van der Waals surface area contributed by atoms with Gasteiger partial charge in [0.25, 0.3) is 6.08 Å². The zero-order valence-electron chi connectivity index (χ0n) is 5.23. The standard InChI is InChI=1S/C5H8F2N2O/c6-4(7)2-1-3-9-5(8)10/h2H,1,3H2,(H3,8,9,10). The number of urea groups is 1. The van der Waals surface area contributed by atoms with Gasteiger partial charge in [-0.25, -0.2) is 4.79 Å². The predicted octanol–water partition coefficient (Wildman–Crippen LogP) is 0.825. The van der Waals surface area contributed by atoms with Gasteiger partial charge in [-0.1, -0.05) is 0 Å². The number of carbonyl (C=O) groups excluding carboxylic acids is 1. The first-order chi connectivity index (χ1) is 4.63. The van der Waals surface area contributed by atoms with Crippen molar-refractivity contribution in [3.05, 3.63) is 12.2 Å². The van der Waals surface area contributed by atoms with E-state index in [2.05, 4.69) is 11.1 Å². The Labute approximate surface area is 56.9 Å². The summed E-state index contributed by atoms with van der Waals surface area (Å²) in [5.41, 5.74) is 4.65. The highest BCUT2D eigenvalue weighted by Gasteiger charge is 1.90. The largest absolute Gasteiger partial charge is 0.352 e. The molecule has 0 aliphatic heterocycles. The molecule has 0 saturated heterocycles. The molecule has 58 valence electrons. The van der Waals surface area contributed by atoms with Crippen molar-refractivity contribution in [3.8, 4) is 0 Å². The Morgan fingerprint density at radius 3 is 2.60 bits per heavy atom. The van der Waals surface area contributed by atoms with Crippen molar-refractivity contribution in [2.75, 3.05) is 6.54 Å². The van der Waals surface area contributed by atoms with Gasteiger partial charge in [-0.2, -0.15) is 8.78 Å². The van der Waals surface area contributed by atoms with Crippen molar-refractivity contribution in [1.29, 1.82) is 0 Å². The van der Waals surface area contributed by atoms with E-state index >= 15 is 0 Å². The van der Waals surface area contributed by atoms with E-state index in [1.54, 1.807) is 0 Å². The fourth-order valence-electron chi connectivity index (χ4n) is 0.377. The zero-order chi connectivity index (χ0) is 7.98. The molecule has 0 aliphatic rings. The highest BCUT2D eigenvalue weighted by atomic mass is 19.3. The number of halogens is 2. The van der Waals surface area contributed by atoms with Gasteiger partial charge in [-0.3, -0.25) is 0 Å². The summed E-state index contributed by atoms with van der Waals surface area (Å²) in [6.45, 7) is 0.146. The first-order valence-electron chi connectivity index (χ1n) is 2.67. The normalized spacial score (nSPS) is 8.60. The van der Waals surface area contributed by atoms with E-state index in [1.807, 2.05) is 0 Å². The summed E-state index contributed by atoms with van der Waals surface area (Å²) in [6.07, 6.45) is -0.924. The number of hydrogen-bond acceptors (Lipinski definition) is 1. The van der Waals surface area contributed by atoms with Crippen LogP contribution in [0.1, 0.15) is 6.42 Å². The number of hydrogen-bond donors (Lipinski definition) is 2. The second-order valence-electron chi connectivity index (χ2n) is 1.57. The van der Waals surface area contributed by atoms with Gasteiger partial charge in [0.05, 0.1) is 0 Å². The van der Waals surface area contributed by atoms with Gasteiger partial charge in [-0.05, 0) is 12.5 Å². The molecule has 3 nitrogen and oxygen atoms in total. The Hall–Kier alpha value is -1.13. The maximum Gasteiger partial charge on any atom is 0.312 e. The summed E-state index contributed by atoms with van der Waals surface area (Å²) >= 11 is 0. The van der Waals surface area contributed by atoms with Crippen molar-refractivity contribution in [1.82, 2.24) is 5.32 Å². The van der Waals surface area contributed by atoms with Crippen molar-refractivity contribution in [3.63, 3.8) is 0 Å². The molecule has 0 aliphatic carbocycles. The minimum Gasteiger partial charge on any atom is -0.352 e. The van der Waals surface area contributed by atoms with Crippen LogP contribution in [0.5, 0.6) is 0 Å². The van der Waals surface area contributed by atoms with Crippen LogP contribution in [0.4, 0.5) is 13.6 Å². The van der Waals surface area contributed by atoms with E-state index in [4.69, 9.17) is 0 Å². The molecule has 0 aromatic heterocycles. The van der Waals surface area contributed by atoms with E-state index in [0.717, 1.165) is 6.08 Å². The smallest absolute Gasteiger partial charge is 0.312 e. The lowest BCUT2D eigenvalue weighted by Gasteiger charge is -1.94. The second-order valence-corrected chi connectivity index (χ2v) is 1.57. The number of nitrogens with one attached hydrogen (secondary N) is 1. The molecule has 0 atom stereocenters. The number of amides is 2. The molecule has 0 fully saturated rings.